The van der Waals surface area contributed by atoms with E-state index >= 15 is 0 Å². The van der Waals surface area contributed by atoms with E-state index in [1.54, 1.807) is 7.11 Å². The van der Waals surface area contributed by atoms with Crippen molar-refractivity contribution in [1.29, 1.82) is 5.26 Å². The fourth-order valence-electron chi connectivity index (χ4n) is 4.56. The fourth-order valence-corrected chi connectivity index (χ4v) is 4.56. The first kappa shape index (κ1) is 23.8. The van der Waals surface area contributed by atoms with Gasteiger partial charge in [0.05, 0.1) is 18.7 Å². The molecule has 0 aromatic heterocycles. The maximum Gasteiger partial charge on any atom is 0.193 e. The number of ether oxygens (including phenoxy) is 1. The molecule has 5 rings (SSSR count). The minimum atomic E-state index is 0.0256. The molecule has 3 heteroatoms. The van der Waals surface area contributed by atoms with Crippen LogP contribution in [0.25, 0.3) is 33.4 Å². The summed E-state index contributed by atoms with van der Waals surface area (Å²) in [5.41, 5.74) is 9.50. The van der Waals surface area contributed by atoms with Crippen molar-refractivity contribution < 1.29 is 9.53 Å². The molecule has 0 N–H and O–H groups in total. The molecule has 0 bridgehead atoms. The van der Waals surface area contributed by atoms with Gasteiger partial charge in [0.2, 0.25) is 0 Å². The number of ketones is 1. The zero-order valence-electron chi connectivity index (χ0n) is 20.7. The van der Waals surface area contributed by atoms with Crippen LogP contribution < -0.4 is 4.74 Å². The zero-order chi connectivity index (χ0) is 25.8. The molecule has 5 aromatic carbocycles. The predicted octanol–water partition coefficient (Wildman–Crippen LogP) is 8.11. The predicted molar refractivity (Wildman–Crippen MR) is 149 cm³/mol. The third-order valence-corrected chi connectivity index (χ3v) is 6.58. The average molecular weight is 480 g/mol. The molecule has 37 heavy (non-hydrogen) atoms. The topological polar surface area (TPSA) is 50.1 Å². The van der Waals surface area contributed by atoms with Crippen molar-refractivity contribution in [2.45, 2.75) is 6.92 Å². The van der Waals surface area contributed by atoms with E-state index < -0.39 is 0 Å². The van der Waals surface area contributed by atoms with Crippen LogP contribution in [-0.2, 0) is 0 Å². The lowest BCUT2D eigenvalue weighted by Crippen LogP contribution is -2.00. The van der Waals surface area contributed by atoms with Gasteiger partial charge >= 0.3 is 0 Å². The molecule has 0 saturated carbocycles. The third kappa shape index (κ3) is 4.91. The van der Waals surface area contributed by atoms with E-state index in [-0.39, 0.29) is 5.78 Å². The highest BCUT2D eigenvalue weighted by atomic mass is 16.5. The standard InChI is InChI=1S/C34H25NO2/c1-23-20-29(30-17-19-32(33(21-30)37-2)26-10-8-24(22-35)9-11-26)16-18-31(23)25-12-14-28(15-13-25)34(36)27-6-4-3-5-7-27/h3-21H,1-2H3. The summed E-state index contributed by atoms with van der Waals surface area (Å²) >= 11 is 0. The van der Waals surface area contributed by atoms with Crippen molar-refractivity contribution in [3.63, 3.8) is 0 Å². The largest absolute Gasteiger partial charge is 0.496 e. The second kappa shape index (κ2) is 10.4. The normalized spacial score (nSPS) is 10.5. The Hall–Kier alpha value is -4.94. The Balaban J connectivity index is 1.41. The molecule has 0 fully saturated rings. The molecule has 0 aliphatic rings. The summed E-state index contributed by atoms with van der Waals surface area (Å²) in [6.07, 6.45) is 0. The number of benzene rings is 5. The van der Waals surface area contributed by atoms with Crippen molar-refractivity contribution in [2.24, 2.45) is 0 Å². The highest BCUT2D eigenvalue weighted by molar-refractivity contribution is 6.09. The Labute approximate surface area is 217 Å². The van der Waals surface area contributed by atoms with Crippen LogP contribution in [0.5, 0.6) is 5.75 Å². The van der Waals surface area contributed by atoms with Gasteiger partial charge in [0.15, 0.2) is 5.78 Å². The van der Waals surface area contributed by atoms with E-state index in [1.807, 2.05) is 84.9 Å². The monoisotopic (exact) mass is 479 g/mol. The van der Waals surface area contributed by atoms with Gasteiger partial charge in [-0.3, -0.25) is 4.79 Å². The summed E-state index contributed by atoms with van der Waals surface area (Å²) in [5.74, 6) is 0.806. The molecule has 0 aliphatic carbocycles. The molecule has 0 saturated heterocycles. The molecule has 3 nitrogen and oxygen atoms in total. The summed E-state index contributed by atoms with van der Waals surface area (Å²) in [7, 11) is 1.67. The molecule has 0 radical (unpaired) electrons. The highest BCUT2D eigenvalue weighted by Gasteiger charge is 2.12. The molecule has 5 aromatic rings. The van der Waals surface area contributed by atoms with Gasteiger partial charge in [-0.2, -0.15) is 5.26 Å². The van der Waals surface area contributed by atoms with Crippen molar-refractivity contribution in [1.82, 2.24) is 0 Å². The number of methoxy groups -OCH3 is 1. The Morgan fingerprint density at radius 1 is 0.649 bits per heavy atom. The quantitative estimate of drug-likeness (QED) is 0.231. The van der Waals surface area contributed by atoms with Crippen LogP contribution in [-0.4, -0.2) is 12.9 Å². The van der Waals surface area contributed by atoms with Gasteiger partial charge in [0.1, 0.15) is 5.75 Å². The van der Waals surface area contributed by atoms with E-state index in [1.165, 1.54) is 0 Å². The van der Waals surface area contributed by atoms with E-state index in [2.05, 4.69) is 43.3 Å². The number of hydrogen-bond acceptors (Lipinski definition) is 3. The first-order chi connectivity index (χ1) is 18.1. The molecule has 0 amide bonds. The van der Waals surface area contributed by atoms with Crippen LogP contribution in [0, 0.1) is 18.3 Å². The van der Waals surface area contributed by atoms with Gasteiger partial charge in [0.25, 0.3) is 0 Å². The highest BCUT2D eigenvalue weighted by Crippen LogP contribution is 2.36. The Bertz CT molecular complexity index is 1610. The number of rotatable bonds is 6. The Morgan fingerprint density at radius 2 is 1.19 bits per heavy atom. The third-order valence-electron chi connectivity index (χ3n) is 6.58. The minimum absolute atomic E-state index is 0.0256. The number of nitrogens with zero attached hydrogens (tertiary/aromatic N) is 1. The lowest BCUT2D eigenvalue weighted by Gasteiger charge is -2.13. The second-order valence-corrected chi connectivity index (χ2v) is 8.91. The SMILES string of the molecule is COc1cc(-c2ccc(-c3ccc(C(=O)c4ccccc4)cc3)c(C)c2)ccc1-c1ccc(C#N)cc1. The molecule has 0 spiro atoms. The maximum absolute atomic E-state index is 12.7. The van der Waals surface area contributed by atoms with Gasteiger partial charge < -0.3 is 4.74 Å². The first-order valence-electron chi connectivity index (χ1n) is 12.1. The summed E-state index contributed by atoms with van der Waals surface area (Å²) < 4.78 is 5.71. The number of hydrogen-bond donors (Lipinski definition) is 0. The smallest absolute Gasteiger partial charge is 0.193 e. The molecule has 0 aliphatic heterocycles. The van der Waals surface area contributed by atoms with Crippen molar-refractivity contribution >= 4 is 5.78 Å². The van der Waals surface area contributed by atoms with Gasteiger partial charge in [-0.15, -0.1) is 0 Å². The lowest BCUT2D eigenvalue weighted by molar-refractivity contribution is 0.103. The van der Waals surface area contributed by atoms with E-state index in [9.17, 15) is 4.79 Å². The Kier molecular flexibility index (Phi) is 6.66. The molecule has 0 unspecified atom stereocenters. The summed E-state index contributed by atoms with van der Waals surface area (Å²) in [6, 6.07) is 39.4. The van der Waals surface area contributed by atoms with Crippen LogP contribution in [0.4, 0.5) is 0 Å². The van der Waals surface area contributed by atoms with Gasteiger partial charge in [-0.05, 0) is 58.5 Å². The number of carbonyl (C=O) groups is 1. The van der Waals surface area contributed by atoms with Crippen LogP contribution in [0.3, 0.4) is 0 Å². The van der Waals surface area contributed by atoms with Crippen molar-refractivity contribution in [2.75, 3.05) is 7.11 Å². The van der Waals surface area contributed by atoms with Crippen molar-refractivity contribution in [3.8, 4) is 45.2 Å². The zero-order valence-corrected chi connectivity index (χ0v) is 20.7. The molecule has 178 valence electrons. The fraction of sp³-hybridized carbons (Fsp3) is 0.0588. The van der Waals surface area contributed by atoms with Crippen LogP contribution in [0.1, 0.15) is 27.0 Å². The van der Waals surface area contributed by atoms with Crippen molar-refractivity contribution in [3.05, 3.63) is 138 Å². The summed E-state index contributed by atoms with van der Waals surface area (Å²) in [5, 5.41) is 9.07. The van der Waals surface area contributed by atoms with E-state index in [0.29, 0.717) is 16.7 Å². The number of nitriles is 1. The van der Waals surface area contributed by atoms with Gasteiger partial charge in [-0.25, -0.2) is 0 Å². The number of carbonyl (C=O) groups excluding carboxylic acids is 1. The first-order valence-corrected chi connectivity index (χ1v) is 12.1. The van der Waals surface area contributed by atoms with Gasteiger partial charge in [0, 0.05) is 16.7 Å². The van der Waals surface area contributed by atoms with E-state index in [0.717, 1.165) is 44.7 Å². The number of aryl methyl sites for hydroxylation is 1. The molecular formula is C34H25NO2. The van der Waals surface area contributed by atoms with E-state index in [4.69, 9.17) is 10.00 Å². The maximum atomic E-state index is 12.7. The summed E-state index contributed by atoms with van der Waals surface area (Å²) in [6.45, 7) is 2.10. The molecule has 0 heterocycles. The molecule has 0 atom stereocenters. The average Bonchev–Trinajstić information content (AvgIpc) is 2.97. The lowest BCUT2D eigenvalue weighted by atomic mass is 9.93. The summed E-state index contributed by atoms with van der Waals surface area (Å²) in [4.78, 5) is 12.7. The van der Waals surface area contributed by atoms with Crippen LogP contribution in [0.2, 0.25) is 0 Å². The van der Waals surface area contributed by atoms with Crippen LogP contribution in [0.15, 0.2) is 115 Å². The molecular weight excluding hydrogens is 454 g/mol. The van der Waals surface area contributed by atoms with Crippen LogP contribution >= 0.6 is 0 Å². The van der Waals surface area contributed by atoms with Gasteiger partial charge in [-0.1, -0.05) is 97.1 Å². The minimum Gasteiger partial charge on any atom is -0.496 e. The second-order valence-electron chi connectivity index (χ2n) is 8.91. The Morgan fingerprint density at radius 3 is 1.81 bits per heavy atom.